The number of amides is 3. The second kappa shape index (κ2) is 12.4. The number of rotatable bonds is 12. The number of carbonyl (C=O) groups excluding carboxylic acids is 3. The summed E-state index contributed by atoms with van der Waals surface area (Å²) in [5.41, 5.74) is 1.75. The van der Waals surface area contributed by atoms with Crippen molar-refractivity contribution in [2.45, 2.75) is 80.8 Å². The van der Waals surface area contributed by atoms with Gasteiger partial charge in [0.15, 0.2) is 0 Å². The van der Waals surface area contributed by atoms with Gasteiger partial charge in [0.05, 0.1) is 29.2 Å². The number of alkyl halides is 1. The molecule has 8 nitrogen and oxygen atoms in total. The summed E-state index contributed by atoms with van der Waals surface area (Å²) < 4.78 is -0.736. The van der Waals surface area contributed by atoms with Crippen molar-refractivity contribution in [3.8, 4) is 0 Å². The molecule has 3 saturated heterocycles. The van der Waals surface area contributed by atoms with Crippen molar-refractivity contribution >= 4 is 56.8 Å². The van der Waals surface area contributed by atoms with Gasteiger partial charge in [-0.2, -0.15) is 0 Å². The number of halogens is 1. The summed E-state index contributed by atoms with van der Waals surface area (Å²) in [7, 11) is 0. The van der Waals surface area contributed by atoms with E-state index in [1.54, 1.807) is 16.7 Å². The number of anilines is 2. The number of likely N-dealkylation sites (tertiary alicyclic amines) is 1. The summed E-state index contributed by atoms with van der Waals surface area (Å²) >= 11 is 5.42. The van der Waals surface area contributed by atoms with E-state index < -0.39 is 28.7 Å². The van der Waals surface area contributed by atoms with Crippen LogP contribution in [-0.2, 0) is 14.4 Å². The molecule has 10 heteroatoms. The van der Waals surface area contributed by atoms with E-state index in [1.165, 1.54) is 0 Å². The van der Waals surface area contributed by atoms with Crippen LogP contribution in [0.15, 0.2) is 24.3 Å². The van der Waals surface area contributed by atoms with Gasteiger partial charge in [0.25, 0.3) is 0 Å². The first kappa shape index (κ1) is 30.2. The number of aliphatic hydroxyl groups excluding tert-OH is 1. The Kier molecular flexibility index (Phi) is 9.59. The normalized spacial score (nSPS) is 30.0. The predicted molar refractivity (Wildman–Crippen MR) is 161 cm³/mol. The van der Waals surface area contributed by atoms with Gasteiger partial charge in [-0.1, -0.05) is 36.7 Å². The Balaban J connectivity index is 1.70. The smallest absolute Gasteiger partial charge is 0.248 e. The average Bonchev–Trinajstić information content (AvgIpc) is 3.50. The van der Waals surface area contributed by atoms with Crippen LogP contribution in [0.2, 0.25) is 0 Å². The van der Waals surface area contributed by atoms with Crippen LogP contribution in [0.3, 0.4) is 0 Å². The minimum absolute atomic E-state index is 0.0187. The molecule has 3 aliphatic rings. The molecule has 1 aromatic rings. The Hall–Kier alpha value is -1.78. The third-order valence-corrected chi connectivity index (χ3v) is 11.7. The Labute approximate surface area is 245 Å². The molecule has 1 spiro atoms. The van der Waals surface area contributed by atoms with Crippen LogP contribution in [0.25, 0.3) is 0 Å². The Morgan fingerprint density at radius 3 is 2.41 bits per heavy atom. The number of nitrogens with zero attached hydrogens (tertiary/aromatic N) is 2. The van der Waals surface area contributed by atoms with Gasteiger partial charge >= 0.3 is 0 Å². The number of nitrogens with one attached hydrogen (secondary N) is 2. The molecular formula is C29H43BrN4O4S. The lowest BCUT2D eigenvalue weighted by molar-refractivity contribution is -0.142. The first-order valence-electron chi connectivity index (χ1n) is 14.3. The number of carbonyl (C=O) groups is 3. The summed E-state index contributed by atoms with van der Waals surface area (Å²) in [5, 5.41) is 16.4. The molecular weight excluding hydrogens is 580 g/mol. The number of fused-ring (bicyclic) bond motifs is 1. The van der Waals surface area contributed by atoms with Gasteiger partial charge in [0.1, 0.15) is 6.04 Å². The molecule has 0 saturated carbocycles. The van der Waals surface area contributed by atoms with Gasteiger partial charge in [-0.3, -0.25) is 14.4 Å². The van der Waals surface area contributed by atoms with Crippen molar-refractivity contribution in [2.24, 2.45) is 17.8 Å². The van der Waals surface area contributed by atoms with Gasteiger partial charge in [0, 0.05) is 41.1 Å². The largest absolute Gasteiger partial charge is 0.394 e. The van der Waals surface area contributed by atoms with E-state index in [4.69, 9.17) is 0 Å². The van der Waals surface area contributed by atoms with Crippen LogP contribution in [0, 0.1) is 17.8 Å². The average molecular weight is 624 g/mol. The van der Waals surface area contributed by atoms with Gasteiger partial charge in [0.2, 0.25) is 17.7 Å². The highest BCUT2D eigenvalue weighted by Crippen LogP contribution is 2.68. The number of aliphatic hydroxyl groups is 1. The molecule has 39 heavy (non-hydrogen) atoms. The minimum Gasteiger partial charge on any atom is -0.394 e. The van der Waals surface area contributed by atoms with Crippen molar-refractivity contribution in [1.29, 1.82) is 0 Å². The summed E-state index contributed by atoms with van der Waals surface area (Å²) in [6.45, 7) is 12.4. The Morgan fingerprint density at radius 1 is 1.18 bits per heavy atom. The Morgan fingerprint density at radius 2 is 1.85 bits per heavy atom. The van der Waals surface area contributed by atoms with Crippen molar-refractivity contribution in [3.63, 3.8) is 0 Å². The number of thioether (sulfide) groups is 1. The maximum Gasteiger partial charge on any atom is 0.248 e. The SMILES string of the molecule is CCCNC(=O)[C@H]1[C@@H]2SC3(CC2Br)C(C(=O)Nc2ccc(N(CC)CC)cc2)N([C@@H](CO)CC(C)C)C(=O)[C@H]13. The highest BCUT2D eigenvalue weighted by molar-refractivity contribution is 9.09. The summed E-state index contributed by atoms with van der Waals surface area (Å²) in [4.78, 5) is 45.7. The van der Waals surface area contributed by atoms with E-state index in [1.807, 2.05) is 45.0 Å². The monoisotopic (exact) mass is 622 g/mol. The molecule has 7 atom stereocenters. The summed E-state index contributed by atoms with van der Waals surface area (Å²) in [5.74, 6) is -1.44. The Bertz CT molecular complexity index is 1050. The second-order valence-electron chi connectivity index (χ2n) is 11.4. The molecule has 3 heterocycles. The molecule has 0 aliphatic carbocycles. The van der Waals surface area contributed by atoms with Gasteiger partial charge in [-0.25, -0.2) is 0 Å². The quantitative estimate of drug-likeness (QED) is 0.306. The molecule has 3 fully saturated rings. The highest BCUT2D eigenvalue weighted by Gasteiger charge is 2.76. The lowest BCUT2D eigenvalue weighted by Crippen LogP contribution is -2.55. The molecule has 0 radical (unpaired) electrons. The molecule has 0 aromatic heterocycles. The highest BCUT2D eigenvalue weighted by atomic mass is 79.9. The second-order valence-corrected chi connectivity index (χ2v) is 14.1. The predicted octanol–water partition coefficient (Wildman–Crippen LogP) is 3.87. The molecule has 4 rings (SSSR count). The van der Waals surface area contributed by atoms with E-state index in [-0.39, 0.29) is 40.3 Å². The molecule has 3 aliphatic heterocycles. The standard InChI is InChI=1S/C29H43BrN4O4S/c1-6-13-31-26(36)22-23-28(38)34(20(16-35)14-17(4)5)25(29(23)15-21(30)24(22)39-29)27(37)32-18-9-11-19(12-10-18)33(7-2)8-3/h9-12,17,20-25,35H,6-8,13-16H2,1-5H3,(H,31,36)(H,32,37)/t20-,21?,22-,23+,24-,25?,29?/m1/s1. The molecule has 1 aromatic carbocycles. The molecule has 3 unspecified atom stereocenters. The van der Waals surface area contributed by atoms with Crippen LogP contribution in [0.5, 0.6) is 0 Å². The summed E-state index contributed by atoms with van der Waals surface area (Å²) in [6.07, 6.45) is 2.00. The van der Waals surface area contributed by atoms with Crippen LogP contribution < -0.4 is 15.5 Å². The molecule has 3 amide bonds. The van der Waals surface area contributed by atoms with E-state index in [9.17, 15) is 19.5 Å². The van der Waals surface area contributed by atoms with Crippen molar-refractivity contribution in [1.82, 2.24) is 10.2 Å². The van der Waals surface area contributed by atoms with Gasteiger partial charge in [-0.15, -0.1) is 11.8 Å². The first-order valence-corrected chi connectivity index (χ1v) is 16.1. The molecule has 216 valence electrons. The number of benzene rings is 1. The van der Waals surface area contributed by atoms with E-state index in [0.29, 0.717) is 25.1 Å². The fourth-order valence-corrected chi connectivity index (χ4v) is 10.4. The molecule has 2 bridgehead atoms. The van der Waals surface area contributed by atoms with Gasteiger partial charge < -0.3 is 25.5 Å². The maximum atomic E-state index is 14.2. The zero-order valence-electron chi connectivity index (χ0n) is 23.7. The number of hydrogen-bond acceptors (Lipinski definition) is 6. The van der Waals surface area contributed by atoms with E-state index in [2.05, 4.69) is 45.3 Å². The fraction of sp³-hybridized carbons (Fsp3) is 0.690. The minimum atomic E-state index is -0.785. The van der Waals surface area contributed by atoms with Crippen molar-refractivity contribution < 1.29 is 19.5 Å². The molecule has 3 N–H and O–H groups in total. The zero-order chi connectivity index (χ0) is 28.5. The van der Waals surface area contributed by atoms with Gasteiger partial charge in [-0.05, 0) is 63.3 Å². The van der Waals surface area contributed by atoms with E-state index >= 15 is 0 Å². The van der Waals surface area contributed by atoms with Crippen molar-refractivity contribution in [2.75, 3.05) is 36.5 Å². The first-order chi connectivity index (χ1) is 18.6. The fourth-order valence-electron chi connectivity index (χ4n) is 6.80. The van der Waals surface area contributed by atoms with Crippen LogP contribution in [0.4, 0.5) is 11.4 Å². The third kappa shape index (κ3) is 5.45. The number of hydrogen-bond donors (Lipinski definition) is 3. The van der Waals surface area contributed by atoms with Crippen LogP contribution in [0.1, 0.15) is 53.9 Å². The third-order valence-electron chi connectivity index (χ3n) is 8.44. The van der Waals surface area contributed by atoms with E-state index in [0.717, 1.165) is 25.2 Å². The van der Waals surface area contributed by atoms with Crippen molar-refractivity contribution in [3.05, 3.63) is 24.3 Å². The zero-order valence-corrected chi connectivity index (χ0v) is 26.1. The lowest BCUT2D eigenvalue weighted by atomic mass is 9.70. The lowest BCUT2D eigenvalue weighted by Gasteiger charge is -2.37. The maximum absolute atomic E-state index is 14.2. The summed E-state index contributed by atoms with van der Waals surface area (Å²) in [6, 6.07) is 6.50. The van der Waals surface area contributed by atoms with Crippen LogP contribution in [-0.4, -0.2) is 80.9 Å². The van der Waals surface area contributed by atoms with Crippen LogP contribution >= 0.6 is 27.7 Å². The topological polar surface area (TPSA) is 102 Å².